The first-order valence-corrected chi connectivity index (χ1v) is 11.4. The second-order valence-electron chi connectivity index (χ2n) is 7.90. The molecular formula is C25H25N3O2S. The van der Waals surface area contributed by atoms with Crippen LogP contribution in [0.1, 0.15) is 56.3 Å². The van der Waals surface area contributed by atoms with Crippen LogP contribution in [0.5, 0.6) is 5.75 Å². The zero-order chi connectivity index (χ0) is 22.0. The van der Waals surface area contributed by atoms with Crippen molar-refractivity contribution in [1.82, 2.24) is 10.3 Å². The van der Waals surface area contributed by atoms with Gasteiger partial charge in [0.05, 0.1) is 22.6 Å². The summed E-state index contributed by atoms with van der Waals surface area (Å²) in [6.45, 7) is 5.76. The number of nitrogens with zero attached hydrogens (tertiary/aromatic N) is 2. The van der Waals surface area contributed by atoms with E-state index in [9.17, 15) is 10.1 Å². The van der Waals surface area contributed by atoms with Crippen LogP contribution in [0.15, 0.2) is 42.6 Å². The van der Waals surface area contributed by atoms with Crippen molar-refractivity contribution in [3.05, 3.63) is 59.3 Å². The summed E-state index contributed by atoms with van der Waals surface area (Å²) in [7, 11) is 0. The summed E-state index contributed by atoms with van der Waals surface area (Å²) in [6.07, 6.45) is 4.27. The van der Waals surface area contributed by atoms with Crippen molar-refractivity contribution in [2.75, 3.05) is 0 Å². The van der Waals surface area contributed by atoms with Gasteiger partial charge in [0.25, 0.3) is 0 Å². The summed E-state index contributed by atoms with van der Waals surface area (Å²) in [6, 6.07) is 14.2. The van der Waals surface area contributed by atoms with Crippen molar-refractivity contribution in [3.8, 4) is 32.8 Å². The predicted octanol–water partition coefficient (Wildman–Crippen LogP) is 5.65. The zero-order valence-corrected chi connectivity index (χ0v) is 18.8. The molecule has 5 nitrogen and oxygen atoms in total. The van der Waals surface area contributed by atoms with E-state index in [2.05, 4.69) is 34.6 Å². The van der Waals surface area contributed by atoms with Gasteiger partial charge < -0.3 is 10.1 Å². The van der Waals surface area contributed by atoms with Crippen molar-refractivity contribution in [2.45, 2.75) is 52.2 Å². The molecule has 1 aliphatic rings. The molecule has 2 aromatic carbocycles. The average Bonchev–Trinajstić information content (AvgIpc) is 3.41. The SMILES string of the molecule is CCC(=O)N[C@@H]1CCc2c(-c3cnc(-c4ccc(OC(C)C)c(C#N)c4)s3)cccc21. The van der Waals surface area contributed by atoms with Gasteiger partial charge in [-0.1, -0.05) is 25.1 Å². The maximum Gasteiger partial charge on any atom is 0.220 e. The standard InChI is InChI=1S/C25H25N3O2S/c1-4-24(29)28-21-10-9-18-19(21)6-5-7-20(18)23-14-27-25(31-23)16-8-11-22(30-15(2)3)17(12-16)13-26/h5-8,11-12,14-15,21H,4,9-10H2,1-3H3,(H,28,29)/t21-/m1/s1. The van der Waals surface area contributed by atoms with Crippen molar-refractivity contribution >= 4 is 17.2 Å². The van der Waals surface area contributed by atoms with Gasteiger partial charge in [0, 0.05) is 18.2 Å². The highest BCUT2D eigenvalue weighted by atomic mass is 32.1. The minimum Gasteiger partial charge on any atom is -0.490 e. The summed E-state index contributed by atoms with van der Waals surface area (Å²) in [5.41, 5.74) is 5.09. The first-order chi connectivity index (χ1) is 15.0. The summed E-state index contributed by atoms with van der Waals surface area (Å²) in [5, 5.41) is 13.5. The molecular weight excluding hydrogens is 406 g/mol. The number of carbonyl (C=O) groups excluding carboxylic acids is 1. The van der Waals surface area contributed by atoms with E-state index in [1.165, 1.54) is 16.7 Å². The van der Waals surface area contributed by atoms with Crippen LogP contribution in [0.25, 0.3) is 21.0 Å². The lowest BCUT2D eigenvalue weighted by atomic mass is 10.0. The lowest BCUT2D eigenvalue weighted by Crippen LogP contribution is -2.26. The molecule has 3 aromatic rings. The number of amides is 1. The van der Waals surface area contributed by atoms with Crippen molar-refractivity contribution in [1.29, 1.82) is 5.26 Å². The first kappa shape index (κ1) is 21.1. The molecule has 1 aliphatic carbocycles. The summed E-state index contributed by atoms with van der Waals surface area (Å²) in [4.78, 5) is 17.6. The highest BCUT2D eigenvalue weighted by molar-refractivity contribution is 7.18. The third kappa shape index (κ3) is 4.33. The molecule has 1 heterocycles. The summed E-state index contributed by atoms with van der Waals surface area (Å²) >= 11 is 1.61. The third-order valence-electron chi connectivity index (χ3n) is 5.41. The molecule has 1 atom stereocenters. The average molecular weight is 432 g/mol. The van der Waals surface area contributed by atoms with Gasteiger partial charge in [-0.25, -0.2) is 4.98 Å². The molecule has 0 fully saturated rings. The van der Waals surface area contributed by atoms with Crippen LogP contribution in [-0.4, -0.2) is 17.0 Å². The fraction of sp³-hybridized carbons (Fsp3) is 0.320. The topological polar surface area (TPSA) is 75.0 Å². The van der Waals surface area contributed by atoms with Crippen molar-refractivity contribution in [3.63, 3.8) is 0 Å². The van der Waals surface area contributed by atoms with Gasteiger partial charge >= 0.3 is 0 Å². The molecule has 1 amide bonds. The summed E-state index contributed by atoms with van der Waals surface area (Å²) < 4.78 is 5.73. The zero-order valence-electron chi connectivity index (χ0n) is 17.9. The molecule has 0 saturated heterocycles. The van der Waals surface area contributed by atoms with Gasteiger partial charge in [-0.2, -0.15) is 5.26 Å². The van der Waals surface area contributed by atoms with Gasteiger partial charge in [0.2, 0.25) is 5.91 Å². The van der Waals surface area contributed by atoms with Crippen LogP contribution < -0.4 is 10.1 Å². The molecule has 6 heteroatoms. The smallest absolute Gasteiger partial charge is 0.220 e. The Labute approximate surface area is 186 Å². The van der Waals surface area contributed by atoms with Crippen LogP contribution in [0.2, 0.25) is 0 Å². The molecule has 31 heavy (non-hydrogen) atoms. The maximum atomic E-state index is 11.9. The fourth-order valence-electron chi connectivity index (χ4n) is 3.97. The number of fused-ring (bicyclic) bond motifs is 1. The maximum absolute atomic E-state index is 11.9. The minimum atomic E-state index is 0.00975. The number of nitrogens with one attached hydrogen (secondary N) is 1. The van der Waals surface area contributed by atoms with Crippen LogP contribution in [-0.2, 0) is 11.2 Å². The number of thiazole rings is 1. The summed E-state index contributed by atoms with van der Waals surface area (Å²) in [5.74, 6) is 0.681. The van der Waals surface area contributed by atoms with Crippen LogP contribution in [0.4, 0.5) is 0 Å². The van der Waals surface area contributed by atoms with Crippen LogP contribution in [0, 0.1) is 11.3 Å². The number of hydrogen-bond donors (Lipinski definition) is 1. The Kier molecular flexibility index (Phi) is 6.06. The van der Waals surface area contributed by atoms with Gasteiger partial charge in [-0.15, -0.1) is 11.3 Å². The molecule has 0 spiro atoms. The fourth-order valence-corrected chi connectivity index (χ4v) is 4.94. The Hall–Kier alpha value is -3.17. The second kappa shape index (κ2) is 8.91. The number of aromatic nitrogens is 1. The molecule has 158 valence electrons. The molecule has 0 radical (unpaired) electrons. The highest BCUT2D eigenvalue weighted by Crippen LogP contribution is 2.41. The molecule has 0 aliphatic heterocycles. The predicted molar refractivity (Wildman–Crippen MR) is 123 cm³/mol. The van der Waals surface area contributed by atoms with E-state index < -0.39 is 0 Å². The first-order valence-electron chi connectivity index (χ1n) is 10.6. The van der Waals surface area contributed by atoms with E-state index in [0.29, 0.717) is 17.7 Å². The monoisotopic (exact) mass is 431 g/mol. The molecule has 4 rings (SSSR count). The lowest BCUT2D eigenvalue weighted by Gasteiger charge is -2.14. The Morgan fingerprint density at radius 1 is 1.35 bits per heavy atom. The van der Waals surface area contributed by atoms with E-state index >= 15 is 0 Å². The van der Waals surface area contributed by atoms with E-state index in [-0.39, 0.29) is 18.1 Å². The van der Waals surface area contributed by atoms with Crippen LogP contribution in [0.3, 0.4) is 0 Å². The number of nitriles is 1. The normalized spacial score (nSPS) is 14.9. The number of ether oxygens (including phenoxy) is 1. The highest BCUT2D eigenvalue weighted by Gasteiger charge is 2.26. The van der Waals surface area contributed by atoms with Crippen molar-refractivity contribution < 1.29 is 9.53 Å². The molecule has 0 unspecified atom stereocenters. The van der Waals surface area contributed by atoms with E-state index in [1.807, 2.05) is 45.2 Å². The molecule has 1 N–H and O–H groups in total. The molecule has 0 bridgehead atoms. The minimum absolute atomic E-state index is 0.00975. The lowest BCUT2D eigenvalue weighted by molar-refractivity contribution is -0.121. The van der Waals surface area contributed by atoms with Crippen molar-refractivity contribution in [2.24, 2.45) is 0 Å². The Balaban J connectivity index is 1.64. The number of rotatable bonds is 6. The van der Waals surface area contributed by atoms with E-state index in [1.54, 1.807) is 11.3 Å². The third-order valence-corrected chi connectivity index (χ3v) is 6.49. The van der Waals surface area contributed by atoms with Gasteiger partial charge in [0.15, 0.2) is 0 Å². The molecule has 0 saturated carbocycles. The number of carbonyl (C=O) groups is 1. The van der Waals surface area contributed by atoms with Gasteiger partial charge in [-0.05, 0) is 61.6 Å². The largest absolute Gasteiger partial charge is 0.490 e. The van der Waals surface area contributed by atoms with Gasteiger partial charge in [0.1, 0.15) is 16.8 Å². The quantitative estimate of drug-likeness (QED) is 0.547. The number of hydrogen-bond acceptors (Lipinski definition) is 5. The van der Waals surface area contributed by atoms with Crippen LogP contribution >= 0.6 is 11.3 Å². The van der Waals surface area contributed by atoms with E-state index in [4.69, 9.17) is 4.74 Å². The Morgan fingerprint density at radius 3 is 2.94 bits per heavy atom. The van der Waals surface area contributed by atoms with Gasteiger partial charge in [-0.3, -0.25) is 4.79 Å². The Bertz CT molecular complexity index is 1160. The number of benzene rings is 2. The van der Waals surface area contributed by atoms with E-state index in [0.717, 1.165) is 28.3 Å². The second-order valence-corrected chi connectivity index (χ2v) is 8.94. The molecule has 1 aromatic heterocycles. The Morgan fingerprint density at radius 2 is 2.19 bits per heavy atom.